The molecule has 0 saturated carbocycles. The van der Waals surface area contributed by atoms with Gasteiger partial charge in [-0.2, -0.15) is 0 Å². The van der Waals surface area contributed by atoms with Gasteiger partial charge in [0.2, 0.25) is 0 Å². The van der Waals surface area contributed by atoms with Crippen LogP contribution in [0.3, 0.4) is 0 Å². The topological polar surface area (TPSA) is 67.1 Å². The second kappa shape index (κ2) is 6.00. The number of nitrogens with one attached hydrogen (secondary N) is 1. The Kier molecular flexibility index (Phi) is 4.36. The van der Waals surface area contributed by atoms with E-state index in [1.807, 2.05) is 13.1 Å². The van der Waals surface area contributed by atoms with Crippen LogP contribution in [0.1, 0.15) is 32.0 Å². The first kappa shape index (κ1) is 13.1. The molecule has 0 aliphatic carbocycles. The molecule has 5 nitrogen and oxygen atoms in total. The van der Waals surface area contributed by atoms with Crippen molar-refractivity contribution in [2.45, 2.75) is 38.6 Å². The number of hydrogen-bond donors (Lipinski definition) is 2. The van der Waals surface area contributed by atoms with Crippen LogP contribution in [0.15, 0.2) is 6.07 Å². The van der Waals surface area contributed by atoms with E-state index in [1.165, 1.54) is 0 Å². The van der Waals surface area contributed by atoms with Crippen LogP contribution >= 0.6 is 0 Å². The van der Waals surface area contributed by atoms with Crippen molar-refractivity contribution in [1.29, 1.82) is 0 Å². The first-order chi connectivity index (χ1) is 8.72. The molecule has 1 aliphatic heterocycles. The largest absolute Gasteiger partial charge is 0.384 e. The number of likely N-dealkylation sites (N-methyl/N-ethyl adjacent to an activating group) is 1. The zero-order chi connectivity index (χ0) is 13.0. The lowest BCUT2D eigenvalue weighted by Gasteiger charge is -2.18. The van der Waals surface area contributed by atoms with Crippen LogP contribution in [-0.2, 0) is 6.42 Å². The molecule has 2 heterocycles. The van der Waals surface area contributed by atoms with Crippen molar-refractivity contribution >= 4 is 11.6 Å². The summed E-state index contributed by atoms with van der Waals surface area (Å²) in [5.74, 6) is 2.44. The van der Waals surface area contributed by atoms with Crippen molar-refractivity contribution in [3.8, 4) is 0 Å². The summed E-state index contributed by atoms with van der Waals surface area (Å²) in [6.45, 7) is 4.21. The quantitative estimate of drug-likeness (QED) is 0.821. The Labute approximate surface area is 109 Å². The predicted molar refractivity (Wildman–Crippen MR) is 74.7 cm³/mol. The molecule has 1 aliphatic rings. The maximum absolute atomic E-state index is 5.87. The number of nitrogens with two attached hydrogens (primary N) is 1. The number of hydrogen-bond acceptors (Lipinski definition) is 5. The second-order valence-corrected chi connectivity index (χ2v) is 4.89. The molecule has 1 aromatic heterocycles. The smallest absolute Gasteiger partial charge is 0.134 e. The Bertz CT molecular complexity index is 393. The van der Waals surface area contributed by atoms with Gasteiger partial charge in [0.15, 0.2) is 0 Å². The van der Waals surface area contributed by atoms with Gasteiger partial charge in [0, 0.05) is 31.6 Å². The fourth-order valence-electron chi connectivity index (χ4n) is 2.32. The van der Waals surface area contributed by atoms with Crippen LogP contribution in [0.25, 0.3) is 0 Å². The van der Waals surface area contributed by atoms with E-state index >= 15 is 0 Å². The van der Waals surface area contributed by atoms with Crippen LogP contribution in [-0.4, -0.2) is 36.1 Å². The Balaban J connectivity index is 2.10. The highest BCUT2D eigenvalue weighted by molar-refractivity contribution is 5.48. The number of unbranched alkanes of at least 4 members (excludes halogenated alkanes) is 1. The van der Waals surface area contributed by atoms with E-state index in [9.17, 15) is 0 Å². The molecule has 100 valence electrons. The average molecular weight is 249 g/mol. The molecule has 5 heteroatoms. The van der Waals surface area contributed by atoms with E-state index < -0.39 is 0 Å². The number of anilines is 2. The summed E-state index contributed by atoms with van der Waals surface area (Å²) < 4.78 is 0. The van der Waals surface area contributed by atoms with Gasteiger partial charge in [0.05, 0.1) is 0 Å². The summed E-state index contributed by atoms with van der Waals surface area (Å²) in [6.07, 6.45) is 4.34. The van der Waals surface area contributed by atoms with Crippen LogP contribution in [0, 0.1) is 0 Å². The normalized spacial score (nSPS) is 19.4. The van der Waals surface area contributed by atoms with Gasteiger partial charge >= 0.3 is 0 Å². The molecule has 0 unspecified atom stereocenters. The lowest BCUT2D eigenvalue weighted by atomic mass is 10.2. The first-order valence-corrected chi connectivity index (χ1v) is 6.78. The molecule has 18 heavy (non-hydrogen) atoms. The fourth-order valence-corrected chi connectivity index (χ4v) is 2.32. The summed E-state index contributed by atoms with van der Waals surface area (Å²) in [5, 5.41) is 3.31. The van der Waals surface area contributed by atoms with Crippen LogP contribution in [0.5, 0.6) is 0 Å². The van der Waals surface area contributed by atoms with Gasteiger partial charge in [-0.05, 0) is 19.9 Å². The highest BCUT2D eigenvalue weighted by atomic mass is 15.2. The number of aromatic nitrogens is 2. The molecule has 2 rings (SSSR count). The van der Waals surface area contributed by atoms with E-state index in [0.717, 1.165) is 50.4 Å². The van der Waals surface area contributed by atoms with E-state index in [4.69, 9.17) is 5.73 Å². The van der Waals surface area contributed by atoms with E-state index in [0.29, 0.717) is 11.9 Å². The van der Waals surface area contributed by atoms with Gasteiger partial charge in [-0.1, -0.05) is 13.3 Å². The van der Waals surface area contributed by atoms with E-state index in [-0.39, 0.29) is 0 Å². The molecule has 1 saturated heterocycles. The third-order valence-electron chi connectivity index (χ3n) is 3.45. The van der Waals surface area contributed by atoms with Gasteiger partial charge in [-0.3, -0.25) is 0 Å². The fraction of sp³-hybridized carbons (Fsp3) is 0.692. The van der Waals surface area contributed by atoms with Gasteiger partial charge in [0.25, 0.3) is 0 Å². The van der Waals surface area contributed by atoms with Crippen molar-refractivity contribution in [3.05, 3.63) is 11.9 Å². The van der Waals surface area contributed by atoms with Crippen LogP contribution in [0.2, 0.25) is 0 Å². The first-order valence-electron chi connectivity index (χ1n) is 6.78. The minimum absolute atomic E-state index is 0.556. The van der Waals surface area contributed by atoms with Gasteiger partial charge < -0.3 is 16.0 Å². The Morgan fingerprint density at radius 3 is 3.00 bits per heavy atom. The van der Waals surface area contributed by atoms with Crippen LogP contribution < -0.4 is 16.0 Å². The molecular weight excluding hydrogens is 226 g/mol. The molecule has 1 fully saturated rings. The van der Waals surface area contributed by atoms with E-state index in [2.05, 4.69) is 27.1 Å². The molecule has 0 aromatic carbocycles. The lowest BCUT2D eigenvalue weighted by molar-refractivity contribution is 0.616. The standard InChI is InChI=1S/C13H23N5/c1-3-4-5-12-16-11(14)8-13(17-12)18-7-6-10(9-18)15-2/h8,10,15H,3-7,9H2,1-2H3,(H2,14,16,17)/t10-/m1/s1. The number of nitrogens with zero attached hydrogens (tertiary/aromatic N) is 3. The third kappa shape index (κ3) is 3.10. The van der Waals surface area contributed by atoms with Crippen molar-refractivity contribution in [1.82, 2.24) is 15.3 Å². The predicted octanol–water partition coefficient (Wildman–Crippen LogP) is 1.20. The lowest BCUT2D eigenvalue weighted by Crippen LogP contribution is -2.30. The minimum atomic E-state index is 0.556. The molecule has 1 aromatic rings. The SMILES string of the molecule is CCCCc1nc(N)cc(N2CC[C@@H](NC)C2)n1. The molecular formula is C13H23N5. The maximum atomic E-state index is 5.87. The molecule has 0 spiro atoms. The van der Waals surface area contributed by atoms with Gasteiger partial charge in [-0.25, -0.2) is 9.97 Å². The number of nitrogen functional groups attached to an aromatic ring is 1. The van der Waals surface area contributed by atoms with Crippen molar-refractivity contribution < 1.29 is 0 Å². The highest BCUT2D eigenvalue weighted by Crippen LogP contribution is 2.20. The summed E-state index contributed by atoms with van der Waals surface area (Å²) in [6, 6.07) is 2.44. The highest BCUT2D eigenvalue weighted by Gasteiger charge is 2.22. The van der Waals surface area contributed by atoms with Gasteiger partial charge in [0.1, 0.15) is 17.5 Å². The average Bonchev–Trinajstić information content (AvgIpc) is 2.84. The molecule has 1 atom stereocenters. The van der Waals surface area contributed by atoms with Crippen molar-refractivity contribution in [3.63, 3.8) is 0 Å². The zero-order valence-corrected chi connectivity index (χ0v) is 11.3. The van der Waals surface area contributed by atoms with E-state index in [1.54, 1.807) is 0 Å². The second-order valence-electron chi connectivity index (χ2n) is 4.89. The minimum Gasteiger partial charge on any atom is -0.384 e. The third-order valence-corrected chi connectivity index (χ3v) is 3.45. The molecule has 0 radical (unpaired) electrons. The molecule has 0 amide bonds. The number of aryl methyl sites for hydroxylation is 1. The summed E-state index contributed by atoms with van der Waals surface area (Å²) >= 11 is 0. The monoisotopic (exact) mass is 249 g/mol. The van der Waals surface area contributed by atoms with Crippen LogP contribution in [0.4, 0.5) is 11.6 Å². The Hall–Kier alpha value is -1.36. The Morgan fingerprint density at radius 2 is 2.33 bits per heavy atom. The summed E-state index contributed by atoms with van der Waals surface area (Å²) in [4.78, 5) is 11.2. The Morgan fingerprint density at radius 1 is 1.50 bits per heavy atom. The summed E-state index contributed by atoms with van der Waals surface area (Å²) in [7, 11) is 2.01. The molecule has 3 N–H and O–H groups in total. The molecule has 0 bridgehead atoms. The van der Waals surface area contributed by atoms with Crippen molar-refractivity contribution in [2.75, 3.05) is 30.8 Å². The van der Waals surface area contributed by atoms with Crippen molar-refractivity contribution in [2.24, 2.45) is 0 Å². The zero-order valence-electron chi connectivity index (χ0n) is 11.3. The van der Waals surface area contributed by atoms with Gasteiger partial charge in [-0.15, -0.1) is 0 Å². The summed E-state index contributed by atoms with van der Waals surface area (Å²) in [5.41, 5.74) is 5.87. The number of rotatable bonds is 5. The maximum Gasteiger partial charge on any atom is 0.134 e.